The van der Waals surface area contributed by atoms with Gasteiger partial charge in [0.25, 0.3) is 0 Å². The second-order valence-electron chi connectivity index (χ2n) is 5.37. The zero-order chi connectivity index (χ0) is 13.1. The normalized spacial score (nSPS) is 15.9. The summed E-state index contributed by atoms with van der Waals surface area (Å²) in [6, 6.07) is 9.97. The van der Waals surface area contributed by atoms with Gasteiger partial charge in [-0.3, -0.25) is 4.90 Å². The van der Waals surface area contributed by atoms with Gasteiger partial charge in [-0.2, -0.15) is 0 Å². The predicted octanol–water partition coefficient (Wildman–Crippen LogP) is 3.23. The van der Waals surface area contributed by atoms with Crippen molar-refractivity contribution in [3.63, 3.8) is 0 Å². The van der Waals surface area contributed by atoms with E-state index in [0.29, 0.717) is 0 Å². The molecule has 1 N–H and O–H groups in total. The van der Waals surface area contributed by atoms with Gasteiger partial charge in [-0.1, -0.05) is 37.3 Å². The molecule has 96 valence electrons. The van der Waals surface area contributed by atoms with E-state index in [1.54, 1.807) is 0 Å². The van der Waals surface area contributed by atoms with E-state index >= 15 is 0 Å². The lowest BCUT2D eigenvalue weighted by Crippen LogP contribution is -2.48. The van der Waals surface area contributed by atoms with E-state index in [2.05, 4.69) is 39.6 Å². The highest BCUT2D eigenvalue weighted by atomic mass is 16.3. The van der Waals surface area contributed by atoms with Gasteiger partial charge in [-0.25, -0.2) is 0 Å². The van der Waals surface area contributed by atoms with Gasteiger partial charge >= 0.3 is 0 Å². The Balaban J connectivity index is 2.80. The Bertz CT molecular complexity index is 334. The van der Waals surface area contributed by atoms with Crippen molar-refractivity contribution in [3.05, 3.63) is 35.9 Å². The van der Waals surface area contributed by atoms with Crippen LogP contribution in [0.2, 0.25) is 0 Å². The molecule has 17 heavy (non-hydrogen) atoms. The maximum atomic E-state index is 10.4. The van der Waals surface area contributed by atoms with Gasteiger partial charge in [0.05, 0.1) is 6.10 Å². The summed E-state index contributed by atoms with van der Waals surface area (Å²) < 4.78 is 0. The molecule has 2 heteroatoms. The first-order valence-electron chi connectivity index (χ1n) is 6.36. The highest BCUT2D eigenvalue weighted by Crippen LogP contribution is 2.26. The first-order chi connectivity index (χ1) is 7.90. The lowest BCUT2D eigenvalue weighted by Gasteiger charge is -2.41. The minimum Gasteiger partial charge on any atom is -0.387 e. The second-order valence-corrected chi connectivity index (χ2v) is 5.37. The minimum atomic E-state index is -0.438. The zero-order valence-corrected chi connectivity index (χ0v) is 11.6. The second kappa shape index (κ2) is 5.65. The van der Waals surface area contributed by atoms with E-state index in [9.17, 15) is 5.11 Å². The number of hydrogen-bond donors (Lipinski definition) is 1. The standard InChI is InChI=1S/C15H25NO/c1-6-15(3,4)16(5)12(2)14(17)13-10-8-7-9-11-13/h7-12,14,17H,6H2,1-5H3. The molecule has 0 amide bonds. The average Bonchev–Trinajstić information content (AvgIpc) is 2.37. The third-order valence-corrected chi connectivity index (χ3v) is 4.03. The van der Waals surface area contributed by atoms with E-state index in [4.69, 9.17) is 0 Å². The highest BCUT2D eigenvalue weighted by Gasteiger charge is 2.29. The number of benzene rings is 1. The summed E-state index contributed by atoms with van der Waals surface area (Å²) in [7, 11) is 2.08. The van der Waals surface area contributed by atoms with E-state index in [1.807, 2.05) is 30.3 Å². The monoisotopic (exact) mass is 235 g/mol. The van der Waals surface area contributed by atoms with Crippen molar-refractivity contribution in [2.45, 2.75) is 51.8 Å². The van der Waals surface area contributed by atoms with Gasteiger partial charge in [0.1, 0.15) is 0 Å². The van der Waals surface area contributed by atoms with E-state index in [-0.39, 0.29) is 11.6 Å². The first kappa shape index (κ1) is 14.2. The fourth-order valence-corrected chi connectivity index (χ4v) is 1.94. The van der Waals surface area contributed by atoms with Crippen LogP contribution in [0.5, 0.6) is 0 Å². The molecule has 0 fully saturated rings. The highest BCUT2D eigenvalue weighted by molar-refractivity contribution is 5.18. The molecule has 0 heterocycles. The SMILES string of the molecule is CCC(C)(C)N(C)C(C)C(O)c1ccccc1. The lowest BCUT2D eigenvalue weighted by molar-refractivity contribution is 0.0166. The maximum Gasteiger partial charge on any atom is 0.0942 e. The molecule has 0 spiro atoms. The van der Waals surface area contributed by atoms with Gasteiger partial charge in [-0.15, -0.1) is 0 Å². The molecule has 0 aliphatic rings. The van der Waals surface area contributed by atoms with Crippen LogP contribution in [0.3, 0.4) is 0 Å². The van der Waals surface area contributed by atoms with E-state index < -0.39 is 6.10 Å². The summed E-state index contributed by atoms with van der Waals surface area (Å²) in [6.45, 7) is 8.68. The van der Waals surface area contributed by atoms with Crippen LogP contribution in [-0.4, -0.2) is 28.6 Å². The molecule has 0 radical (unpaired) electrons. The van der Waals surface area contributed by atoms with E-state index in [1.165, 1.54) is 0 Å². The van der Waals surface area contributed by atoms with Gasteiger partial charge in [-0.05, 0) is 39.8 Å². The Kier molecular flexibility index (Phi) is 4.72. The predicted molar refractivity (Wildman–Crippen MR) is 73.0 cm³/mol. The van der Waals surface area contributed by atoms with Crippen LogP contribution in [0.25, 0.3) is 0 Å². The third-order valence-electron chi connectivity index (χ3n) is 4.03. The number of rotatable bonds is 5. The molecular formula is C15H25NO. The molecule has 1 aromatic rings. The van der Waals surface area contributed by atoms with Crippen molar-refractivity contribution >= 4 is 0 Å². The summed E-state index contributed by atoms with van der Waals surface area (Å²) in [5, 5.41) is 10.4. The van der Waals surface area contributed by atoms with Crippen molar-refractivity contribution in [2.24, 2.45) is 0 Å². The van der Waals surface area contributed by atoms with E-state index in [0.717, 1.165) is 12.0 Å². The van der Waals surface area contributed by atoms with Gasteiger partial charge < -0.3 is 5.11 Å². The fraction of sp³-hybridized carbons (Fsp3) is 0.600. The van der Waals surface area contributed by atoms with Crippen molar-refractivity contribution in [1.82, 2.24) is 4.90 Å². The van der Waals surface area contributed by atoms with Crippen molar-refractivity contribution < 1.29 is 5.11 Å². The number of hydrogen-bond acceptors (Lipinski definition) is 2. The number of aliphatic hydroxyl groups excluding tert-OH is 1. The molecule has 0 saturated carbocycles. The topological polar surface area (TPSA) is 23.5 Å². The summed E-state index contributed by atoms with van der Waals surface area (Å²) in [5.41, 5.74) is 1.09. The molecule has 0 aliphatic heterocycles. The molecule has 2 nitrogen and oxygen atoms in total. The summed E-state index contributed by atoms with van der Waals surface area (Å²) in [5.74, 6) is 0. The van der Waals surface area contributed by atoms with Crippen LogP contribution in [0.1, 0.15) is 45.8 Å². The average molecular weight is 235 g/mol. The zero-order valence-electron chi connectivity index (χ0n) is 11.6. The minimum absolute atomic E-state index is 0.104. The van der Waals surface area contributed by atoms with Crippen LogP contribution >= 0.6 is 0 Å². The Hall–Kier alpha value is -0.860. The van der Waals surface area contributed by atoms with Crippen molar-refractivity contribution in [3.8, 4) is 0 Å². The quantitative estimate of drug-likeness (QED) is 0.847. The van der Waals surface area contributed by atoms with Crippen LogP contribution in [-0.2, 0) is 0 Å². The van der Waals surface area contributed by atoms with Crippen LogP contribution in [0, 0.1) is 0 Å². The molecule has 1 rings (SSSR count). The molecule has 1 aromatic carbocycles. The van der Waals surface area contributed by atoms with Crippen LogP contribution < -0.4 is 0 Å². The van der Waals surface area contributed by atoms with Gasteiger partial charge in [0.15, 0.2) is 0 Å². The number of nitrogens with zero attached hydrogens (tertiary/aromatic N) is 1. The summed E-state index contributed by atoms with van der Waals surface area (Å²) in [6.07, 6.45) is 0.627. The molecule has 0 aromatic heterocycles. The van der Waals surface area contributed by atoms with Gasteiger partial charge in [0.2, 0.25) is 0 Å². The third kappa shape index (κ3) is 3.30. The first-order valence-corrected chi connectivity index (χ1v) is 6.36. The molecule has 0 bridgehead atoms. The Labute approximate surface area is 105 Å². The molecule has 0 aliphatic carbocycles. The molecular weight excluding hydrogens is 210 g/mol. The number of aliphatic hydroxyl groups is 1. The van der Waals surface area contributed by atoms with Gasteiger partial charge in [0, 0.05) is 11.6 Å². The van der Waals surface area contributed by atoms with Crippen molar-refractivity contribution in [2.75, 3.05) is 7.05 Å². The molecule has 2 atom stereocenters. The lowest BCUT2D eigenvalue weighted by atomic mass is 9.94. The molecule has 0 saturated heterocycles. The Morgan fingerprint density at radius 2 is 1.76 bits per heavy atom. The van der Waals surface area contributed by atoms with Crippen molar-refractivity contribution in [1.29, 1.82) is 0 Å². The summed E-state index contributed by atoms with van der Waals surface area (Å²) >= 11 is 0. The van der Waals surface area contributed by atoms with Crippen LogP contribution in [0.4, 0.5) is 0 Å². The fourth-order valence-electron chi connectivity index (χ4n) is 1.94. The largest absolute Gasteiger partial charge is 0.387 e. The molecule has 2 unspecified atom stereocenters. The van der Waals surface area contributed by atoms with Crippen LogP contribution in [0.15, 0.2) is 30.3 Å². The summed E-state index contributed by atoms with van der Waals surface area (Å²) in [4.78, 5) is 2.25. The Morgan fingerprint density at radius 3 is 2.24 bits per heavy atom. The Morgan fingerprint density at radius 1 is 1.24 bits per heavy atom. The maximum absolute atomic E-state index is 10.4. The number of likely N-dealkylation sites (N-methyl/N-ethyl adjacent to an activating group) is 1. The smallest absolute Gasteiger partial charge is 0.0942 e.